The Hall–Kier alpha value is -1.64. The summed E-state index contributed by atoms with van der Waals surface area (Å²) in [5.74, 6) is -0.729. The Morgan fingerprint density at radius 3 is 2.57 bits per heavy atom. The van der Waals surface area contributed by atoms with Gasteiger partial charge in [0.25, 0.3) is 0 Å². The van der Waals surface area contributed by atoms with Gasteiger partial charge in [-0.1, -0.05) is 18.2 Å². The second kappa shape index (κ2) is 4.05. The molecule has 1 aromatic carbocycles. The molecule has 0 bridgehead atoms. The van der Waals surface area contributed by atoms with E-state index < -0.39 is 5.82 Å². The third-order valence-corrected chi connectivity index (χ3v) is 1.77. The zero-order valence-corrected chi connectivity index (χ0v) is 8.23. The maximum absolute atomic E-state index is 13.1. The quantitative estimate of drug-likeness (QED) is 0.768. The van der Waals surface area contributed by atoms with Crippen LogP contribution in [0.2, 0.25) is 0 Å². The fourth-order valence-corrected chi connectivity index (χ4v) is 1.08. The standard InChI is InChI=1S/C11H12FNO/c1-7(2)9-4-5-10(12)11(6-9)13-8(3)14/h4-6H,1H2,2-3H3,(H,13,14). The minimum Gasteiger partial charge on any atom is -0.324 e. The van der Waals surface area contributed by atoms with Gasteiger partial charge in [0.2, 0.25) is 5.91 Å². The molecule has 0 heterocycles. The molecule has 0 saturated carbocycles. The number of carbonyl (C=O) groups excluding carboxylic acids is 1. The summed E-state index contributed by atoms with van der Waals surface area (Å²) in [7, 11) is 0. The van der Waals surface area contributed by atoms with Gasteiger partial charge < -0.3 is 5.32 Å². The van der Waals surface area contributed by atoms with E-state index in [1.165, 1.54) is 13.0 Å². The number of anilines is 1. The molecule has 0 aliphatic rings. The van der Waals surface area contributed by atoms with Gasteiger partial charge in [-0.3, -0.25) is 4.79 Å². The molecule has 14 heavy (non-hydrogen) atoms. The molecule has 3 heteroatoms. The first-order valence-corrected chi connectivity index (χ1v) is 4.23. The Morgan fingerprint density at radius 1 is 1.43 bits per heavy atom. The number of benzene rings is 1. The average Bonchev–Trinajstić information content (AvgIpc) is 2.07. The van der Waals surface area contributed by atoms with Crippen molar-refractivity contribution in [2.75, 3.05) is 5.32 Å². The first-order valence-electron chi connectivity index (χ1n) is 4.23. The molecule has 1 amide bonds. The number of amides is 1. The van der Waals surface area contributed by atoms with Gasteiger partial charge in [-0.15, -0.1) is 0 Å². The Kier molecular flexibility index (Phi) is 3.02. The monoisotopic (exact) mass is 193 g/mol. The van der Waals surface area contributed by atoms with Crippen molar-refractivity contribution in [1.29, 1.82) is 0 Å². The highest BCUT2D eigenvalue weighted by Gasteiger charge is 2.04. The van der Waals surface area contributed by atoms with Gasteiger partial charge in [0.15, 0.2) is 0 Å². The number of allylic oxidation sites excluding steroid dienone is 1. The van der Waals surface area contributed by atoms with Gasteiger partial charge in [-0.05, 0) is 24.6 Å². The predicted molar refractivity (Wildman–Crippen MR) is 55.4 cm³/mol. The molecule has 2 nitrogen and oxygen atoms in total. The van der Waals surface area contributed by atoms with E-state index in [1.54, 1.807) is 12.1 Å². The van der Waals surface area contributed by atoms with Crippen LogP contribution < -0.4 is 5.32 Å². The smallest absolute Gasteiger partial charge is 0.221 e. The minimum atomic E-state index is -0.440. The Balaban J connectivity index is 3.08. The highest BCUT2D eigenvalue weighted by molar-refractivity contribution is 5.89. The first-order chi connectivity index (χ1) is 6.50. The van der Waals surface area contributed by atoms with Crippen molar-refractivity contribution in [3.05, 3.63) is 36.2 Å². The summed E-state index contributed by atoms with van der Waals surface area (Å²) in [5.41, 5.74) is 1.84. The van der Waals surface area contributed by atoms with Crippen LogP contribution in [0.5, 0.6) is 0 Å². The number of carbonyl (C=O) groups is 1. The van der Waals surface area contributed by atoms with E-state index in [9.17, 15) is 9.18 Å². The van der Waals surface area contributed by atoms with Gasteiger partial charge in [0, 0.05) is 6.92 Å². The van der Waals surface area contributed by atoms with Crippen LogP contribution in [0.1, 0.15) is 19.4 Å². The van der Waals surface area contributed by atoms with E-state index in [0.717, 1.165) is 11.1 Å². The third kappa shape index (κ3) is 2.42. The molecule has 0 aliphatic heterocycles. The second-order valence-corrected chi connectivity index (χ2v) is 3.16. The molecular formula is C11H12FNO. The number of rotatable bonds is 2. The molecule has 0 radical (unpaired) electrons. The molecule has 1 N–H and O–H groups in total. The van der Waals surface area contributed by atoms with Crippen LogP contribution >= 0.6 is 0 Å². The fourth-order valence-electron chi connectivity index (χ4n) is 1.08. The van der Waals surface area contributed by atoms with Gasteiger partial charge in [-0.25, -0.2) is 4.39 Å². The van der Waals surface area contributed by atoms with Crippen molar-refractivity contribution in [2.24, 2.45) is 0 Å². The predicted octanol–water partition coefficient (Wildman–Crippen LogP) is 2.82. The number of hydrogen-bond acceptors (Lipinski definition) is 1. The van der Waals surface area contributed by atoms with Crippen LogP contribution in [-0.2, 0) is 4.79 Å². The summed E-state index contributed by atoms with van der Waals surface area (Å²) in [6.07, 6.45) is 0. The SMILES string of the molecule is C=C(C)c1ccc(F)c(NC(C)=O)c1. The van der Waals surface area contributed by atoms with Gasteiger partial charge in [0.05, 0.1) is 5.69 Å². The van der Waals surface area contributed by atoms with Crippen molar-refractivity contribution < 1.29 is 9.18 Å². The van der Waals surface area contributed by atoms with E-state index in [4.69, 9.17) is 0 Å². The third-order valence-electron chi connectivity index (χ3n) is 1.77. The lowest BCUT2D eigenvalue weighted by Crippen LogP contribution is -2.07. The lowest BCUT2D eigenvalue weighted by Gasteiger charge is -2.06. The van der Waals surface area contributed by atoms with Crippen LogP contribution in [0.25, 0.3) is 5.57 Å². The average molecular weight is 193 g/mol. The fraction of sp³-hybridized carbons (Fsp3) is 0.182. The van der Waals surface area contributed by atoms with Crippen LogP contribution in [0, 0.1) is 5.82 Å². The summed E-state index contributed by atoms with van der Waals surface area (Å²) < 4.78 is 13.1. The molecule has 1 aromatic rings. The molecule has 0 atom stereocenters. The van der Waals surface area contributed by atoms with Crippen molar-refractivity contribution in [3.63, 3.8) is 0 Å². The van der Waals surface area contributed by atoms with Crippen molar-refractivity contribution >= 4 is 17.2 Å². The zero-order chi connectivity index (χ0) is 10.7. The van der Waals surface area contributed by atoms with Crippen LogP contribution in [0.3, 0.4) is 0 Å². The van der Waals surface area contributed by atoms with E-state index in [2.05, 4.69) is 11.9 Å². The van der Waals surface area contributed by atoms with Crippen LogP contribution in [0.4, 0.5) is 10.1 Å². The highest BCUT2D eigenvalue weighted by atomic mass is 19.1. The van der Waals surface area contributed by atoms with Crippen molar-refractivity contribution in [3.8, 4) is 0 Å². The van der Waals surface area contributed by atoms with Crippen LogP contribution in [-0.4, -0.2) is 5.91 Å². The van der Waals surface area contributed by atoms with Crippen molar-refractivity contribution in [2.45, 2.75) is 13.8 Å². The maximum Gasteiger partial charge on any atom is 0.221 e. The lowest BCUT2D eigenvalue weighted by atomic mass is 10.1. The first kappa shape index (κ1) is 10.4. The number of halogens is 1. The summed E-state index contributed by atoms with van der Waals surface area (Å²) in [6, 6.07) is 4.51. The molecule has 0 spiro atoms. The molecule has 0 unspecified atom stereocenters. The van der Waals surface area contributed by atoms with Crippen LogP contribution in [0.15, 0.2) is 24.8 Å². The summed E-state index contributed by atoms with van der Waals surface area (Å²) in [5, 5.41) is 2.41. The molecule has 0 fully saturated rings. The number of nitrogens with one attached hydrogen (secondary N) is 1. The summed E-state index contributed by atoms with van der Waals surface area (Å²) in [6.45, 7) is 6.90. The van der Waals surface area contributed by atoms with E-state index in [1.807, 2.05) is 6.92 Å². The summed E-state index contributed by atoms with van der Waals surface area (Å²) >= 11 is 0. The number of hydrogen-bond donors (Lipinski definition) is 1. The summed E-state index contributed by atoms with van der Waals surface area (Å²) in [4.78, 5) is 10.7. The normalized spacial score (nSPS) is 9.64. The molecule has 0 aliphatic carbocycles. The lowest BCUT2D eigenvalue weighted by molar-refractivity contribution is -0.114. The molecule has 74 valence electrons. The zero-order valence-electron chi connectivity index (χ0n) is 8.23. The Morgan fingerprint density at radius 2 is 2.07 bits per heavy atom. The van der Waals surface area contributed by atoms with E-state index in [0.29, 0.717) is 0 Å². The van der Waals surface area contributed by atoms with Gasteiger partial charge in [-0.2, -0.15) is 0 Å². The second-order valence-electron chi connectivity index (χ2n) is 3.16. The van der Waals surface area contributed by atoms with E-state index >= 15 is 0 Å². The molecular weight excluding hydrogens is 181 g/mol. The Labute approximate surface area is 82.4 Å². The molecule has 1 rings (SSSR count). The van der Waals surface area contributed by atoms with Gasteiger partial charge in [0.1, 0.15) is 5.82 Å². The topological polar surface area (TPSA) is 29.1 Å². The van der Waals surface area contributed by atoms with E-state index in [-0.39, 0.29) is 11.6 Å². The molecule has 0 saturated heterocycles. The molecule has 0 aromatic heterocycles. The largest absolute Gasteiger partial charge is 0.324 e. The Bertz CT molecular complexity index is 385. The maximum atomic E-state index is 13.1. The minimum absolute atomic E-state index is 0.193. The van der Waals surface area contributed by atoms with Gasteiger partial charge >= 0.3 is 0 Å². The highest BCUT2D eigenvalue weighted by Crippen LogP contribution is 2.20. The van der Waals surface area contributed by atoms with Crippen molar-refractivity contribution in [1.82, 2.24) is 0 Å².